The van der Waals surface area contributed by atoms with Crippen molar-refractivity contribution >= 4 is 17.2 Å². The van der Waals surface area contributed by atoms with Gasteiger partial charge in [-0.3, -0.25) is 0 Å². The van der Waals surface area contributed by atoms with E-state index >= 15 is 0 Å². The number of nitrogens with zero attached hydrogens (tertiary/aromatic N) is 1. The van der Waals surface area contributed by atoms with Gasteiger partial charge in [0.25, 0.3) is 0 Å². The molecule has 15 heavy (non-hydrogen) atoms. The van der Waals surface area contributed by atoms with Gasteiger partial charge in [0.05, 0.1) is 18.1 Å². The van der Waals surface area contributed by atoms with Crippen LogP contribution in [0.3, 0.4) is 0 Å². The molecule has 6 heteroatoms. The predicted molar refractivity (Wildman–Crippen MR) is 56.8 cm³/mol. The Labute approximate surface area is 91.1 Å². The summed E-state index contributed by atoms with van der Waals surface area (Å²) in [5.41, 5.74) is 6.59. The van der Waals surface area contributed by atoms with Crippen LogP contribution < -0.4 is 5.73 Å². The molecule has 0 amide bonds. The number of amidine groups is 1. The van der Waals surface area contributed by atoms with Crippen molar-refractivity contribution in [3.05, 3.63) is 21.9 Å². The van der Waals surface area contributed by atoms with Gasteiger partial charge in [0.2, 0.25) is 0 Å². The number of aliphatic imine (C=N–C) groups is 1. The van der Waals surface area contributed by atoms with E-state index in [4.69, 9.17) is 20.3 Å². The van der Waals surface area contributed by atoms with E-state index in [2.05, 4.69) is 4.99 Å². The summed E-state index contributed by atoms with van der Waals surface area (Å²) in [6.07, 6.45) is -0.348. The van der Waals surface area contributed by atoms with Gasteiger partial charge in [0.15, 0.2) is 6.29 Å². The topological polar surface area (TPSA) is 77.1 Å². The molecule has 1 saturated heterocycles. The van der Waals surface area contributed by atoms with Crippen molar-refractivity contribution in [1.82, 2.24) is 0 Å². The summed E-state index contributed by atoms with van der Waals surface area (Å²) in [5, 5.41) is 10.6. The molecule has 0 aliphatic carbocycles. The van der Waals surface area contributed by atoms with Gasteiger partial charge < -0.3 is 20.3 Å². The van der Waals surface area contributed by atoms with Gasteiger partial charge in [0, 0.05) is 5.56 Å². The van der Waals surface area contributed by atoms with Crippen LogP contribution in [0.25, 0.3) is 0 Å². The quantitative estimate of drug-likeness (QED) is 0.581. The number of aliphatic hydroxyl groups excluding tert-OH is 1. The Kier molecular flexibility index (Phi) is 3.32. The monoisotopic (exact) mass is 228 g/mol. The summed E-state index contributed by atoms with van der Waals surface area (Å²) in [7, 11) is 0. The molecular weight excluding hydrogens is 216 g/mol. The van der Waals surface area contributed by atoms with Gasteiger partial charge in [-0.05, 0) is 11.4 Å². The lowest BCUT2D eigenvalue weighted by Crippen LogP contribution is -2.15. The van der Waals surface area contributed by atoms with Gasteiger partial charge in [-0.15, -0.1) is 11.3 Å². The molecule has 1 aromatic heterocycles. The molecule has 0 atom stereocenters. The highest BCUT2D eigenvalue weighted by atomic mass is 32.1. The van der Waals surface area contributed by atoms with Crippen LogP contribution in [0, 0.1) is 0 Å². The molecule has 1 fully saturated rings. The number of nitrogens with two attached hydrogens (primary N) is 1. The zero-order valence-corrected chi connectivity index (χ0v) is 8.87. The minimum atomic E-state index is -0.348. The summed E-state index contributed by atoms with van der Waals surface area (Å²) < 4.78 is 10.8. The molecule has 5 nitrogen and oxygen atoms in total. The maximum atomic E-state index is 8.67. The Morgan fingerprint density at radius 1 is 1.60 bits per heavy atom. The van der Waals surface area contributed by atoms with E-state index in [1.807, 2.05) is 11.4 Å². The zero-order chi connectivity index (χ0) is 10.7. The Hall–Kier alpha value is -0.950. The van der Waals surface area contributed by atoms with Crippen LogP contribution in [0.4, 0.5) is 0 Å². The maximum absolute atomic E-state index is 8.67. The van der Waals surface area contributed by atoms with Gasteiger partial charge in [-0.2, -0.15) is 0 Å². The first-order valence-corrected chi connectivity index (χ1v) is 5.42. The zero-order valence-electron chi connectivity index (χ0n) is 8.05. The van der Waals surface area contributed by atoms with Crippen LogP contribution >= 0.6 is 11.3 Å². The minimum Gasteiger partial charge on any atom is -0.383 e. The van der Waals surface area contributed by atoms with E-state index < -0.39 is 0 Å². The highest BCUT2D eigenvalue weighted by molar-refractivity contribution is 7.12. The van der Waals surface area contributed by atoms with Crippen LogP contribution in [0.1, 0.15) is 16.7 Å². The first kappa shape index (κ1) is 10.6. The van der Waals surface area contributed by atoms with E-state index in [0.717, 1.165) is 10.4 Å². The first-order chi connectivity index (χ1) is 7.33. The molecule has 0 unspecified atom stereocenters. The fourth-order valence-electron chi connectivity index (χ4n) is 1.40. The van der Waals surface area contributed by atoms with E-state index in [-0.39, 0.29) is 13.0 Å². The van der Waals surface area contributed by atoms with E-state index in [0.29, 0.717) is 19.0 Å². The van der Waals surface area contributed by atoms with Gasteiger partial charge in [-0.25, -0.2) is 4.99 Å². The molecule has 1 aromatic rings. The summed E-state index contributed by atoms with van der Waals surface area (Å²) in [4.78, 5) is 4.55. The van der Waals surface area contributed by atoms with Gasteiger partial charge >= 0.3 is 0 Å². The van der Waals surface area contributed by atoms with Crippen LogP contribution in [0.2, 0.25) is 0 Å². The Bertz CT molecular complexity index is 358. The Morgan fingerprint density at radius 3 is 3.00 bits per heavy atom. The highest BCUT2D eigenvalue weighted by Crippen LogP contribution is 2.29. The number of aliphatic hydroxyl groups is 1. The van der Waals surface area contributed by atoms with Crippen molar-refractivity contribution in [1.29, 1.82) is 0 Å². The lowest BCUT2D eigenvalue weighted by atomic mass is 10.2. The van der Waals surface area contributed by atoms with E-state index in [1.165, 1.54) is 11.3 Å². The minimum absolute atomic E-state index is 0.310. The summed E-state index contributed by atoms with van der Waals surface area (Å²) in [5.74, 6) is 0.321. The molecule has 1 aliphatic rings. The van der Waals surface area contributed by atoms with Crippen molar-refractivity contribution in [2.24, 2.45) is 10.7 Å². The van der Waals surface area contributed by atoms with E-state index in [1.54, 1.807) is 0 Å². The van der Waals surface area contributed by atoms with Crippen LogP contribution in [0.15, 0.2) is 16.4 Å². The summed E-state index contributed by atoms with van der Waals surface area (Å²) >= 11 is 1.46. The molecule has 0 radical (unpaired) electrons. The number of rotatable bonds is 3. The third-order valence-electron chi connectivity index (χ3n) is 2.05. The number of hydrogen-bond donors (Lipinski definition) is 2. The average molecular weight is 228 g/mol. The Morgan fingerprint density at radius 2 is 2.33 bits per heavy atom. The van der Waals surface area contributed by atoms with Crippen molar-refractivity contribution in [3.63, 3.8) is 0 Å². The summed E-state index contributed by atoms with van der Waals surface area (Å²) in [6, 6.07) is 1.90. The van der Waals surface area contributed by atoms with Crippen LogP contribution in [-0.2, 0) is 9.47 Å². The standard InChI is InChI=1S/C9H12N2O3S/c10-8(11-5-12)7-6(1-4-15-7)9-13-2-3-14-9/h1,4,9,12H,2-3,5H2,(H2,10,11). The van der Waals surface area contributed by atoms with Gasteiger partial charge in [-0.1, -0.05) is 0 Å². The molecule has 82 valence electrons. The largest absolute Gasteiger partial charge is 0.383 e. The lowest BCUT2D eigenvalue weighted by molar-refractivity contribution is -0.0439. The lowest BCUT2D eigenvalue weighted by Gasteiger charge is -2.09. The molecular formula is C9H12N2O3S. The molecule has 1 aliphatic heterocycles. The number of ether oxygens (including phenoxy) is 2. The second-order valence-electron chi connectivity index (χ2n) is 2.96. The summed E-state index contributed by atoms with van der Waals surface area (Å²) in [6.45, 7) is 0.879. The molecule has 0 aromatic carbocycles. The highest BCUT2D eigenvalue weighted by Gasteiger charge is 2.23. The van der Waals surface area contributed by atoms with Crippen molar-refractivity contribution in [2.75, 3.05) is 19.9 Å². The van der Waals surface area contributed by atoms with E-state index in [9.17, 15) is 0 Å². The normalized spacial score (nSPS) is 18.6. The number of hydrogen-bond acceptors (Lipinski definition) is 5. The Balaban J connectivity index is 2.24. The third kappa shape index (κ3) is 2.18. The van der Waals surface area contributed by atoms with Crippen LogP contribution in [0.5, 0.6) is 0 Å². The molecule has 0 bridgehead atoms. The predicted octanol–water partition coefficient (Wildman–Crippen LogP) is 0.449. The van der Waals surface area contributed by atoms with Gasteiger partial charge in [0.1, 0.15) is 12.6 Å². The number of thiophene rings is 1. The van der Waals surface area contributed by atoms with Crippen molar-refractivity contribution in [2.45, 2.75) is 6.29 Å². The first-order valence-electron chi connectivity index (χ1n) is 4.54. The molecule has 0 spiro atoms. The molecule has 0 saturated carbocycles. The average Bonchev–Trinajstić information content (AvgIpc) is 2.88. The maximum Gasteiger partial charge on any atom is 0.185 e. The molecule has 2 heterocycles. The SMILES string of the molecule is NC(=NCO)c1sccc1C1OCCO1. The second-order valence-corrected chi connectivity index (χ2v) is 3.88. The smallest absolute Gasteiger partial charge is 0.185 e. The van der Waals surface area contributed by atoms with Crippen molar-refractivity contribution in [3.8, 4) is 0 Å². The fraction of sp³-hybridized carbons (Fsp3) is 0.444. The fourth-order valence-corrected chi connectivity index (χ4v) is 2.24. The molecule has 2 rings (SSSR count). The third-order valence-corrected chi connectivity index (χ3v) is 3.00. The van der Waals surface area contributed by atoms with Crippen LogP contribution in [-0.4, -0.2) is 30.9 Å². The molecule has 3 N–H and O–H groups in total. The second kappa shape index (κ2) is 4.71. The van der Waals surface area contributed by atoms with Crippen molar-refractivity contribution < 1.29 is 14.6 Å².